The molecular weight excluding hydrogens is 528 g/mol. The third kappa shape index (κ3) is 5.17. The summed E-state index contributed by atoms with van der Waals surface area (Å²) in [6, 6.07) is 20.6. The van der Waals surface area contributed by atoms with Crippen LogP contribution in [0.3, 0.4) is 0 Å². The zero-order valence-electron chi connectivity index (χ0n) is 20.3. The first kappa shape index (κ1) is 25.9. The van der Waals surface area contributed by atoms with E-state index in [4.69, 9.17) is 23.2 Å². The molecule has 3 aromatic carbocycles. The molecule has 1 N–H and O–H groups in total. The van der Waals surface area contributed by atoms with E-state index in [-0.39, 0.29) is 23.3 Å². The number of hydrogen-bond donors (Lipinski definition) is 1. The number of carbonyl (C=O) groups excluding carboxylic acids is 1. The standard InChI is InChI=1S/C29H24Cl2FN3O3/c30-20-11-9-19(10-12-20)28-22(17-26(36)37)27(33-35(28)25-8-4-2-6-23(25)31)29(38)34-15-13-18(14-16-34)21-5-1-3-7-24(21)32/h1-12,18H,13-17H2,(H,36,37). The van der Waals surface area contributed by atoms with Crippen LogP contribution in [0.15, 0.2) is 72.8 Å². The van der Waals surface area contributed by atoms with Gasteiger partial charge in [-0.05, 0) is 54.7 Å². The van der Waals surface area contributed by atoms with E-state index < -0.39 is 12.4 Å². The molecule has 9 heteroatoms. The summed E-state index contributed by atoms with van der Waals surface area (Å²) in [5, 5.41) is 15.3. The quantitative estimate of drug-likeness (QED) is 0.291. The number of aliphatic carboxylic acids is 1. The van der Waals surface area contributed by atoms with Crippen molar-refractivity contribution in [1.29, 1.82) is 0 Å². The van der Waals surface area contributed by atoms with E-state index in [1.807, 2.05) is 6.07 Å². The van der Waals surface area contributed by atoms with Crippen LogP contribution in [0.5, 0.6) is 0 Å². The van der Waals surface area contributed by atoms with Crippen LogP contribution in [0.1, 0.15) is 40.4 Å². The zero-order valence-corrected chi connectivity index (χ0v) is 21.8. The van der Waals surface area contributed by atoms with Gasteiger partial charge in [0.15, 0.2) is 5.69 Å². The SMILES string of the molecule is O=C(O)Cc1c(C(=O)N2CCC(c3ccccc3F)CC2)nn(-c2ccccc2Cl)c1-c1ccc(Cl)cc1. The highest BCUT2D eigenvalue weighted by molar-refractivity contribution is 6.32. The number of piperidine rings is 1. The Morgan fingerprint density at radius 1 is 0.947 bits per heavy atom. The average Bonchev–Trinajstić information content (AvgIpc) is 3.27. The number of carboxylic acid groups (broad SMARTS) is 1. The van der Waals surface area contributed by atoms with Gasteiger partial charge in [-0.3, -0.25) is 9.59 Å². The number of aromatic nitrogens is 2. The molecule has 1 fully saturated rings. The van der Waals surface area contributed by atoms with Gasteiger partial charge < -0.3 is 10.0 Å². The molecule has 1 saturated heterocycles. The van der Waals surface area contributed by atoms with E-state index in [0.29, 0.717) is 64.0 Å². The molecule has 0 radical (unpaired) electrons. The summed E-state index contributed by atoms with van der Waals surface area (Å²) in [7, 11) is 0. The Morgan fingerprint density at radius 2 is 1.61 bits per heavy atom. The molecule has 0 saturated carbocycles. The summed E-state index contributed by atoms with van der Waals surface area (Å²) < 4.78 is 15.9. The highest BCUT2D eigenvalue weighted by Gasteiger charge is 2.32. The molecule has 194 valence electrons. The molecule has 2 heterocycles. The number of carbonyl (C=O) groups is 2. The maximum atomic E-state index is 14.3. The Kier molecular flexibility index (Phi) is 7.49. The fourth-order valence-electron chi connectivity index (χ4n) is 4.99. The van der Waals surface area contributed by atoms with Crippen molar-refractivity contribution in [3.05, 3.63) is 105 Å². The Labute approximate surface area is 229 Å². The number of carboxylic acids is 1. The van der Waals surface area contributed by atoms with E-state index in [0.717, 1.165) is 0 Å². The molecule has 1 aliphatic heterocycles. The smallest absolute Gasteiger partial charge is 0.307 e. The number of amides is 1. The Balaban J connectivity index is 1.55. The molecule has 1 amide bonds. The summed E-state index contributed by atoms with van der Waals surface area (Å²) in [6.07, 6.45) is 0.779. The van der Waals surface area contributed by atoms with E-state index in [1.165, 1.54) is 10.7 Å². The number of rotatable bonds is 6. The van der Waals surface area contributed by atoms with Gasteiger partial charge in [-0.25, -0.2) is 9.07 Å². The van der Waals surface area contributed by atoms with E-state index in [2.05, 4.69) is 5.10 Å². The molecule has 6 nitrogen and oxygen atoms in total. The number of nitrogens with zero attached hydrogens (tertiary/aromatic N) is 3. The first-order chi connectivity index (χ1) is 18.3. The lowest BCUT2D eigenvalue weighted by Crippen LogP contribution is -2.38. The van der Waals surface area contributed by atoms with Gasteiger partial charge in [-0.15, -0.1) is 0 Å². The highest BCUT2D eigenvalue weighted by Crippen LogP contribution is 2.35. The van der Waals surface area contributed by atoms with Crippen LogP contribution >= 0.6 is 23.2 Å². The summed E-state index contributed by atoms with van der Waals surface area (Å²) in [5.74, 6) is -1.70. The summed E-state index contributed by atoms with van der Waals surface area (Å²) >= 11 is 12.6. The molecule has 0 atom stereocenters. The van der Waals surface area contributed by atoms with Crippen LogP contribution < -0.4 is 0 Å². The summed E-state index contributed by atoms with van der Waals surface area (Å²) in [4.78, 5) is 27.4. The van der Waals surface area contributed by atoms with Crippen molar-refractivity contribution in [3.8, 4) is 16.9 Å². The second-order valence-corrected chi connectivity index (χ2v) is 10.0. The van der Waals surface area contributed by atoms with Gasteiger partial charge >= 0.3 is 5.97 Å². The molecule has 0 bridgehead atoms. The predicted octanol–water partition coefficient (Wildman–Crippen LogP) is 6.63. The minimum atomic E-state index is -1.09. The van der Waals surface area contributed by atoms with E-state index in [1.54, 1.807) is 65.6 Å². The lowest BCUT2D eigenvalue weighted by molar-refractivity contribution is -0.136. The van der Waals surface area contributed by atoms with Crippen molar-refractivity contribution in [2.45, 2.75) is 25.2 Å². The van der Waals surface area contributed by atoms with Crippen LogP contribution in [-0.4, -0.2) is 44.8 Å². The predicted molar refractivity (Wildman–Crippen MR) is 145 cm³/mol. The largest absolute Gasteiger partial charge is 0.481 e. The van der Waals surface area contributed by atoms with Gasteiger partial charge in [-0.1, -0.05) is 65.7 Å². The number of halogens is 3. The van der Waals surface area contributed by atoms with E-state index >= 15 is 0 Å². The average molecular weight is 552 g/mol. The molecule has 5 rings (SSSR count). The Bertz CT molecular complexity index is 1500. The van der Waals surface area contributed by atoms with Crippen molar-refractivity contribution < 1.29 is 19.1 Å². The van der Waals surface area contributed by atoms with Crippen molar-refractivity contribution >= 4 is 35.1 Å². The first-order valence-corrected chi connectivity index (χ1v) is 13.0. The van der Waals surface area contributed by atoms with Gasteiger partial charge in [0, 0.05) is 29.2 Å². The van der Waals surface area contributed by atoms with Crippen molar-refractivity contribution in [1.82, 2.24) is 14.7 Å². The highest BCUT2D eigenvalue weighted by atomic mass is 35.5. The van der Waals surface area contributed by atoms with Crippen LogP contribution in [-0.2, 0) is 11.2 Å². The third-order valence-corrected chi connectivity index (χ3v) is 7.41. The van der Waals surface area contributed by atoms with Gasteiger partial charge in [0.1, 0.15) is 5.82 Å². The Morgan fingerprint density at radius 3 is 2.26 bits per heavy atom. The molecule has 1 aliphatic rings. The topological polar surface area (TPSA) is 75.4 Å². The van der Waals surface area contributed by atoms with Crippen LogP contribution in [0.4, 0.5) is 4.39 Å². The van der Waals surface area contributed by atoms with Gasteiger partial charge in [0.25, 0.3) is 5.91 Å². The zero-order chi connectivity index (χ0) is 26.8. The van der Waals surface area contributed by atoms with E-state index in [9.17, 15) is 19.1 Å². The number of para-hydroxylation sites is 1. The monoisotopic (exact) mass is 551 g/mol. The number of hydrogen-bond acceptors (Lipinski definition) is 3. The molecule has 1 aromatic heterocycles. The second kappa shape index (κ2) is 11.0. The molecule has 0 spiro atoms. The van der Waals surface area contributed by atoms with Gasteiger partial charge in [0.2, 0.25) is 0 Å². The summed E-state index contributed by atoms with van der Waals surface area (Å²) in [5.41, 5.74) is 2.63. The molecular formula is C29H24Cl2FN3O3. The second-order valence-electron chi connectivity index (χ2n) is 9.20. The molecule has 4 aromatic rings. The molecule has 38 heavy (non-hydrogen) atoms. The third-order valence-electron chi connectivity index (χ3n) is 6.84. The fraction of sp³-hybridized carbons (Fsp3) is 0.207. The first-order valence-electron chi connectivity index (χ1n) is 12.2. The minimum Gasteiger partial charge on any atom is -0.481 e. The number of likely N-dealkylation sites (tertiary alicyclic amines) is 1. The lowest BCUT2D eigenvalue weighted by Gasteiger charge is -2.32. The normalized spacial score (nSPS) is 14.0. The molecule has 0 unspecified atom stereocenters. The minimum absolute atomic E-state index is 0.00375. The summed E-state index contributed by atoms with van der Waals surface area (Å²) in [6.45, 7) is 0.805. The Hall–Kier alpha value is -3.68. The maximum Gasteiger partial charge on any atom is 0.307 e. The van der Waals surface area contributed by atoms with Gasteiger partial charge in [0.05, 0.1) is 22.8 Å². The van der Waals surface area contributed by atoms with Crippen LogP contribution in [0, 0.1) is 5.82 Å². The van der Waals surface area contributed by atoms with Gasteiger partial charge in [-0.2, -0.15) is 5.10 Å². The van der Waals surface area contributed by atoms with Crippen molar-refractivity contribution in [3.63, 3.8) is 0 Å². The lowest BCUT2D eigenvalue weighted by atomic mass is 9.89. The number of benzene rings is 3. The van der Waals surface area contributed by atoms with Crippen molar-refractivity contribution in [2.75, 3.05) is 13.1 Å². The molecule has 0 aliphatic carbocycles. The van der Waals surface area contributed by atoms with Crippen LogP contribution in [0.2, 0.25) is 10.0 Å². The fourth-order valence-corrected chi connectivity index (χ4v) is 5.33. The maximum absolute atomic E-state index is 14.3. The van der Waals surface area contributed by atoms with Crippen molar-refractivity contribution in [2.24, 2.45) is 0 Å². The van der Waals surface area contributed by atoms with Crippen LogP contribution in [0.25, 0.3) is 16.9 Å².